The predicted molar refractivity (Wildman–Crippen MR) is 93.3 cm³/mol. The number of anilines is 1. The lowest BCUT2D eigenvalue weighted by molar-refractivity contribution is 0.992. The molecule has 1 N–H and O–H groups in total. The Kier molecular flexibility index (Phi) is 4.20. The molecule has 0 spiro atoms. The maximum absolute atomic E-state index is 3.64. The molecule has 3 rings (SSSR count). The fourth-order valence-corrected chi connectivity index (χ4v) is 4.14. The van der Waals surface area contributed by atoms with E-state index in [0.29, 0.717) is 0 Å². The van der Waals surface area contributed by atoms with E-state index in [1.165, 1.54) is 19.0 Å². The lowest BCUT2D eigenvalue weighted by Gasteiger charge is -2.17. The normalized spacial score (nSPS) is 10.8. The van der Waals surface area contributed by atoms with Crippen molar-refractivity contribution < 1.29 is 0 Å². The number of hydrogen-bond donors (Lipinski definition) is 1. The van der Waals surface area contributed by atoms with Crippen LogP contribution < -0.4 is 5.32 Å². The topological polar surface area (TPSA) is 12.0 Å². The van der Waals surface area contributed by atoms with E-state index in [9.17, 15) is 0 Å². The molecule has 1 nitrogen and oxygen atoms in total. The molecule has 0 atom stereocenters. The number of rotatable bonds is 4. The zero-order valence-corrected chi connectivity index (χ0v) is 13.8. The Bertz CT molecular complexity index is 598. The summed E-state index contributed by atoms with van der Waals surface area (Å²) in [5.74, 6) is 0. The highest BCUT2D eigenvalue weighted by molar-refractivity contribution is 14.1. The van der Waals surface area contributed by atoms with Gasteiger partial charge in [-0.15, -0.1) is 22.7 Å². The first kappa shape index (κ1) is 13.1. The minimum atomic E-state index is 0.248. The van der Waals surface area contributed by atoms with E-state index in [-0.39, 0.29) is 6.04 Å². The van der Waals surface area contributed by atoms with Gasteiger partial charge in [-0.25, -0.2) is 0 Å². The number of benzene rings is 1. The standard InChI is InChI=1S/C15H12INS2/c16-11-4-1-5-12(10-11)17-15(13-6-2-8-18-13)14-7-3-9-19-14/h1-10,15,17H. The Labute approximate surface area is 134 Å². The molecule has 2 aromatic heterocycles. The average Bonchev–Trinajstić information content (AvgIpc) is 3.10. The van der Waals surface area contributed by atoms with Crippen molar-refractivity contribution in [3.8, 4) is 0 Å². The van der Waals surface area contributed by atoms with Crippen LogP contribution in [-0.4, -0.2) is 0 Å². The highest BCUT2D eigenvalue weighted by atomic mass is 127. The first-order valence-corrected chi connectivity index (χ1v) is 8.75. The van der Waals surface area contributed by atoms with Gasteiger partial charge in [-0.1, -0.05) is 18.2 Å². The molecule has 0 amide bonds. The van der Waals surface area contributed by atoms with Gasteiger partial charge >= 0.3 is 0 Å². The van der Waals surface area contributed by atoms with Gasteiger partial charge in [0.2, 0.25) is 0 Å². The molecule has 96 valence electrons. The zero-order valence-electron chi connectivity index (χ0n) is 10.0. The van der Waals surface area contributed by atoms with Crippen LogP contribution in [0.1, 0.15) is 15.8 Å². The molecule has 1 aromatic carbocycles. The van der Waals surface area contributed by atoms with E-state index in [1.807, 2.05) is 0 Å². The minimum absolute atomic E-state index is 0.248. The Hall–Kier alpha value is -0.850. The van der Waals surface area contributed by atoms with Gasteiger partial charge in [0.25, 0.3) is 0 Å². The quantitative estimate of drug-likeness (QED) is 0.564. The molecule has 2 heterocycles. The highest BCUT2D eigenvalue weighted by Gasteiger charge is 2.16. The van der Waals surface area contributed by atoms with E-state index < -0.39 is 0 Å². The van der Waals surface area contributed by atoms with Crippen LogP contribution in [0.4, 0.5) is 5.69 Å². The Morgan fingerprint density at radius 1 is 0.895 bits per heavy atom. The van der Waals surface area contributed by atoms with Crippen LogP contribution >= 0.6 is 45.3 Å². The van der Waals surface area contributed by atoms with E-state index in [0.717, 1.165) is 0 Å². The highest BCUT2D eigenvalue weighted by Crippen LogP contribution is 2.32. The second-order valence-electron chi connectivity index (χ2n) is 4.12. The summed E-state index contributed by atoms with van der Waals surface area (Å²) in [6.07, 6.45) is 0. The molecule has 0 unspecified atom stereocenters. The third-order valence-electron chi connectivity index (χ3n) is 2.79. The third kappa shape index (κ3) is 3.19. The van der Waals surface area contributed by atoms with Crippen molar-refractivity contribution in [1.29, 1.82) is 0 Å². The summed E-state index contributed by atoms with van der Waals surface area (Å²) in [6.45, 7) is 0. The van der Waals surface area contributed by atoms with Crippen LogP contribution in [0.2, 0.25) is 0 Å². The number of hydrogen-bond acceptors (Lipinski definition) is 3. The van der Waals surface area contributed by atoms with Crippen LogP contribution in [0.5, 0.6) is 0 Å². The van der Waals surface area contributed by atoms with Crippen molar-refractivity contribution in [2.75, 3.05) is 5.32 Å². The largest absolute Gasteiger partial charge is 0.373 e. The van der Waals surface area contributed by atoms with E-state index in [2.05, 4.69) is 87.2 Å². The number of nitrogens with one attached hydrogen (secondary N) is 1. The molecule has 0 aliphatic carbocycles. The van der Waals surface area contributed by atoms with Gasteiger partial charge in [0.15, 0.2) is 0 Å². The second kappa shape index (κ2) is 6.07. The van der Waals surface area contributed by atoms with Crippen molar-refractivity contribution in [3.05, 3.63) is 72.6 Å². The minimum Gasteiger partial charge on any atom is -0.373 e. The summed E-state index contributed by atoms with van der Waals surface area (Å²) in [7, 11) is 0. The second-order valence-corrected chi connectivity index (χ2v) is 7.32. The van der Waals surface area contributed by atoms with Gasteiger partial charge in [0.05, 0.1) is 6.04 Å². The fourth-order valence-electron chi connectivity index (χ4n) is 1.94. The maximum Gasteiger partial charge on any atom is 0.0953 e. The molecule has 4 heteroatoms. The van der Waals surface area contributed by atoms with Gasteiger partial charge in [-0.3, -0.25) is 0 Å². The smallest absolute Gasteiger partial charge is 0.0953 e. The maximum atomic E-state index is 3.64. The van der Waals surface area contributed by atoms with Crippen LogP contribution in [0, 0.1) is 3.57 Å². The summed E-state index contributed by atoms with van der Waals surface area (Å²) in [4.78, 5) is 2.70. The molecule has 0 saturated carbocycles. The summed E-state index contributed by atoms with van der Waals surface area (Å²) in [5.41, 5.74) is 1.17. The van der Waals surface area contributed by atoms with E-state index in [1.54, 1.807) is 22.7 Å². The average molecular weight is 397 g/mol. The van der Waals surface area contributed by atoms with Crippen LogP contribution in [0.15, 0.2) is 59.3 Å². The summed E-state index contributed by atoms with van der Waals surface area (Å²) in [5, 5.41) is 7.90. The molecule has 0 aliphatic heterocycles. The summed E-state index contributed by atoms with van der Waals surface area (Å²) >= 11 is 5.93. The third-order valence-corrected chi connectivity index (χ3v) is 5.34. The lowest BCUT2D eigenvalue weighted by atomic mass is 10.2. The summed E-state index contributed by atoms with van der Waals surface area (Å²) < 4.78 is 1.25. The molecular formula is C15H12INS2. The zero-order chi connectivity index (χ0) is 13.1. The first-order chi connectivity index (χ1) is 9.33. The van der Waals surface area contributed by atoms with Crippen molar-refractivity contribution in [1.82, 2.24) is 0 Å². The predicted octanol–water partition coefficient (Wildman–Crippen LogP) is 5.62. The van der Waals surface area contributed by atoms with Crippen LogP contribution in [0.25, 0.3) is 0 Å². The first-order valence-electron chi connectivity index (χ1n) is 5.92. The van der Waals surface area contributed by atoms with Crippen molar-refractivity contribution >= 4 is 51.0 Å². The van der Waals surface area contributed by atoms with Gasteiger partial charge in [0.1, 0.15) is 0 Å². The van der Waals surface area contributed by atoms with Gasteiger partial charge < -0.3 is 5.32 Å². The van der Waals surface area contributed by atoms with E-state index >= 15 is 0 Å². The van der Waals surface area contributed by atoms with Gasteiger partial charge in [-0.05, 0) is 63.7 Å². The number of thiophene rings is 2. The molecule has 0 fully saturated rings. The van der Waals surface area contributed by atoms with Crippen LogP contribution in [0.3, 0.4) is 0 Å². The van der Waals surface area contributed by atoms with Crippen molar-refractivity contribution in [3.63, 3.8) is 0 Å². The van der Waals surface area contributed by atoms with Crippen molar-refractivity contribution in [2.24, 2.45) is 0 Å². The SMILES string of the molecule is Ic1cccc(NC(c2cccs2)c2cccs2)c1. The molecule has 0 radical (unpaired) electrons. The van der Waals surface area contributed by atoms with Gasteiger partial charge in [0, 0.05) is 19.0 Å². The monoisotopic (exact) mass is 397 g/mol. The molecule has 3 aromatic rings. The molecule has 0 aliphatic rings. The Morgan fingerprint density at radius 2 is 1.58 bits per heavy atom. The molecule has 19 heavy (non-hydrogen) atoms. The molecule has 0 saturated heterocycles. The van der Waals surface area contributed by atoms with Crippen molar-refractivity contribution in [2.45, 2.75) is 6.04 Å². The molecular weight excluding hydrogens is 385 g/mol. The fraction of sp³-hybridized carbons (Fsp3) is 0.0667. The summed E-state index contributed by atoms with van der Waals surface area (Å²) in [6, 6.07) is 17.3. The van der Waals surface area contributed by atoms with E-state index in [4.69, 9.17) is 0 Å². The lowest BCUT2D eigenvalue weighted by Crippen LogP contribution is -2.09. The van der Waals surface area contributed by atoms with Gasteiger partial charge in [-0.2, -0.15) is 0 Å². The number of halogens is 1. The Balaban J connectivity index is 1.92. The molecule has 0 bridgehead atoms. The van der Waals surface area contributed by atoms with Crippen LogP contribution in [-0.2, 0) is 0 Å². The Morgan fingerprint density at radius 3 is 2.11 bits per heavy atom.